The monoisotopic (exact) mass is 274 g/mol. The Bertz CT molecular complexity index is 617. The third-order valence-corrected chi connectivity index (χ3v) is 3.37. The van der Waals surface area contributed by atoms with Gasteiger partial charge in [-0.1, -0.05) is 12.1 Å². The number of hydrogen-bond donors (Lipinski definition) is 1. The Morgan fingerprint density at radius 2 is 1.90 bits per heavy atom. The van der Waals surface area contributed by atoms with Crippen LogP contribution in [0.4, 0.5) is 0 Å². The second-order valence-electron chi connectivity index (χ2n) is 4.83. The first-order valence-corrected chi connectivity index (χ1v) is 6.40. The Kier molecular flexibility index (Phi) is 3.79. The molecule has 0 radical (unpaired) electrons. The van der Waals surface area contributed by atoms with E-state index in [1.54, 1.807) is 50.1 Å². The first kappa shape index (κ1) is 14.1. The number of rotatable bonds is 3. The highest BCUT2D eigenvalue weighted by molar-refractivity contribution is 5.92. The quantitative estimate of drug-likeness (QED) is 0.934. The molecule has 20 heavy (non-hydrogen) atoms. The summed E-state index contributed by atoms with van der Waals surface area (Å²) in [5.41, 5.74) is 1.53. The maximum Gasteiger partial charge on any atom is 0.291 e. The molecule has 0 spiro atoms. The van der Waals surface area contributed by atoms with Crippen molar-refractivity contribution < 1.29 is 14.3 Å². The van der Waals surface area contributed by atoms with Crippen LogP contribution >= 0.6 is 0 Å². The minimum absolute atomic E-state index is 0.132. The van der Waals surface area contributed by atoms with Crippen LogP contribution in [0.5, 0.6) is 5.75 Å². The van der Waals surface area contributed by atoms with Crippen LogP contribution in [0.1, 0.15) is 40.7 Å². The van der Waals surface area contributed by atoms with Gasteiger partial charge in [-0.3, -0.25) is 4.79 Å². The molecule has 1 N–H and O–H groups in total. The van der Waals surface area contributed by atoms with Crippen LogP contribution in [-0.2, 0) is 0 Å². The summed E-state index contributed by atoms with van der Waals surface area (Å²) in [6, 6.07) is 6.67. The Morgan fingerprint density at radius 1 is 1.30 bits per heavy atom. The Hall–Kier alpha value is -2.30. The average molecular weight is 274 g/mol. The van der Waals surface area contributed by atoms with Crippen molar-refractivity contribution in [3.63, 3.8) is 0 Å². The number of amides is 1. The molecule has 1 atom stereocenters. The minimum Gasteiger partial charge on any atom is -0.508 e. The molecule has 0 aliphatic carbocycles. The molecule has 1 unspecified atom stereocenters. The number of aryl methyl sites for hydroxylation is 2. The van der Waals surface area contributed by atoms with Gasteiger partial charge in [-0.15, -0.1) is 0 Å². The third kappa shape index (κ3) is 2.66. The van der Waals surface area contributed by atoms with Gasteiger partial charge in [-0.05, 0) is 31.5 Å². The number of oxazole rings is 1. The second-order valence-corrected chi connectivity index (χ2v) is 4.83. The molecule has 2 aromatic rings. The lowest BCUT2D eigenvalue weighted by Crippen LogP contribution is -2.29. The molecule has 2 rings (SSSR count). The highest BCUT2D eigenvalue weighted by Crippen LogP contribution is 2.23. The van der Waals surface area contributed by atoms with Gasteiger partial charge >= 0.3 is 0 Å². The predicted octanol–water partition coefficient (Wildman–Crippen LogP) is 2.83. The minimum atomic E-state index is -0.205. The van der Waals surface area contributed by atoms with Crippen molar-refractivity contribution in [3.8, 4) is 5.75 Å². The number of carbonyl (C=O) groups excluding carboxylic acids is 1. The van der Waals surface area contributed by atoms with E-state index in [2.05, 4.69) is 4.98 Å². The molecule has 106 valence electrons. The van der Waals surface area contributed by atoms with E-state index in [1.165, 1.54) is 0 Å². The first-order chi connectivity index (χ1) is 9.40. The molecule has 1 aromatic heterocycles. The molecular formula is C15H18N2O3. The number of nitrogens with zero attached hydrogens (tertiary/aromatic N) is 2. The van der Waals surface area contributed by atoms with Crippen LogP contribution in [0, 0.1) is 13.8 Å². The summed E-state index contributed by atoms with van der Waals surface area (Å²) >= 11 is 0. The lowest BCUT2D eigenvalue weighted by atomic mass is 10.1. The SMILES string of the molecule is Cc1nc(C)c(C(=O)N(C)C(C)c2ccc(O)cc2)o1. The second kappa shape index (κ2) is 5.36. The van der Waals surface area contributed by atoms with Crippen LogP contribution in [-0.4, -0.2) is 27.9 Å². The van der Waals surface area contributed by atoms with Crippen LogP contribution in [0.15, 0.2) is 28.7 Å². The number of aromatic nitrogens is 1. The fourth-order valence-electron chi connectivity index (χ4n) is 2.04. The van der Waals surface area contributed by atoms with Gasteiger partial charge in [0.1, 0.15) is 5.75 Å². The average Bonchev–Trinajstić information content (AvgIpc) is 2.76. The number of phenolic OH excluding ortho intramolecular Hbond substituents is 1. The molecule has 5 nitrogen and oxygen atoms in total. The highest BCUT2D eigenvalue weighted by Gasteiger charge is 2.24. The van der Waals surface area contributed by atoms with Crippen molar-refractivity contribution in [2.75, 3.05) is 7.05 Å². The highest BCUT2D eigenvalue weighted by atomic mass is 16.4. The molecule has 1 heterocycles. The summed E-state index contributed by atoms with van der Waals surface area (Å²) in [7, 11) is 1.72. The van der Waals surface area contributed by atoms with Gasteiger partial charge in [0, 0.05) is 14.0 Å². The van der Waals surface area contributed by atoms with Crippen molar-refractivity contribution in [1.82, 2.24) is 9.88 Å². The van der Waals surface area contributed by atoms with Crippen LogP contribution in [0.3, 0.4) is 0 Å². The molecule has 5 heteroatoms. The molecule has 0 saturated heterocycles. The zero-order valence-corrected chi connectivity index (χ0v) is 12.0. The van der Waals surface area contributed by atoms with Crippen LogP contribution in [0.25, 0.3) is 0 Å². The van der Waals surface area contributed by atoms with E-state index in [4.69, 9.17) is 4.42 Å². The van der Waals surface area contributed by atoms with Crippen molar-refractivity contribution in [2.45, 2.75) is 26.8 Å². The van der Waals surface area contributed by atoms with E-state index < -0.39 is 0 Å². The number of aromatic hydroxyl groups is 1. The van der Waals surface area contributed by atoms with E-state index in [-0.39, 0.29) is 23.5 Å². The van der Waals surface area contributed by atoms with Gasteiger partial charge in [0.2, 0.25) is 5.76 Å². The summed E-state index contributed by atoms with van der Waals surface area (Å²) in [5, 5.41) is 9.30. The lowest BCUT2D eigenvalue weighted by molar-refractivity contribution is 0.0708. The van der Waals surface area contributed by atoms with Gasteiger partial charge < -0.3 is 14.4 Å². The maximum absolute atomic E-state index is 12.4. The Morgan fingerprint density at radius 3 is 2.40 bits per heavy atom. The maximum atomic E-state index is 12.4. The van der Waals surface area contributed by atoms with Gasteiger partial charge in [-0.25, -0.2) is 4.98 Å². The van der Waals surface area contributed by atoms with Gasteiger partial charge in [0.25, 0.3) is 5.91 Å². The van der Waals surface area contributed by atoms with Crippen LogP contribution < -0.4 is 0 Å². The molecule has 1 amide bonds. The molecule has 0 aliphatic rings. The topological polar surface area (TPSA) is 66.6 Å². The largest absolute Gasteiger partial charge is 0.508 e. The summed E-state index contributed by atoms with van der Waals surface area (Å²) in [6.07, 6.45) is 0. The van der Waals surface area contributed by atoms with Crippen LogP contribution in [0.2, 0.25) is 0 Å². The predicted molar refractivity (Wildman–Crippen MR) is 74.6 cm³/mol. The number of carbonyl (C=O) groups is 1. The van der Waals surface area contributed by atoms with Crippen molar-refractivity contribution in [1.29, 1.82) is 0 Å². The molecule has 0 bridgehead atoms. The lowest BCUT2D eigenvalue weighted by Gasteiger charge is -2.24. The van der Waals surface area contributed by atoms with E-state index in [0.29, 0.717) is 11.6 Å². The fourth-order valence-corrected chi connectivity index (χ4v) is 2.04. The molecule has 0 aliphatic heterocycles. The standard InChI is InChI=1S/C15H18N2O3/c1-9-14(20-11(3)16-9)15(19)17(4)10(2)12-5-7-13(18)8-6-12/h5-8,10,18H,1-4H3. The van der Waals surface area contributed by atoms with E-state index in [9.17, 15) is 9.90 Å². The van der Waals surface area contributed by atoms with E-state index in [0.717, 1.165) is 5.56 Å². The Labute approximate surface area is 117 Å². The summed E-state index contributed by atoms with van der Waals surface area (Å²) < 4.78 is 5.36. The van der Waals surface area contributed by atoms with Crippen molar-refractivity contribution >= 4 is 5.91 Å². The normalized spacial score (nSPS) is 12.2. The number of phenols is 1. The first-order valence-electron chi connectivity index (χ1n) is 6.40. The van der Waals surface area contributed by atoms with Gasteiger partial charge in [-0.2, -0.15) is 0 Å². The van der Waals surface area contributed by atoms with Crippen molar-refractivity contribution in [2.24, 2.45) is 0 Å². The smallest absolute Gasteiger partial charge is 0.291 e. The summed E-state index contributed by atoms with van der Waals surface area (Å²) in [4.78, 5) is 18.1. The summed E-state index contributed by atoms with van der Waals surface area (Å²) in [6.45, 7) is 5.39. The number of benzene rings is 1. The molecule has 0 saturated carbocycles. The summed E-state index contributed by atoms with van der Waals surface area (Å²) in [5.74, 6) is 0.757. The van der Waals surface area contributed by atoms with E-state index >= 15 is 0 Å². The Balaban J connectivity index is 2.22. The molecule has 1 aromatic carbocycles. The fraction of sp³-hybridized carbons (Fsp3) is 0.333. The molecular weight excluding hydrogens is 256 g/mol. The molecule has 0 fully saturated rings. The third-order valence-electron chi connectivity index (χ3n) is 3.37. The zero-order chi connectivity index (χ0) is 14.9. The van der Waals surface area contributed by atoms with Crippen molar-refractivity contribution in [3.05, 3.63) is 47.2 Å². The zero-order valence-electron chi connectivity index (χ0n) is 12.0. The number of hydrogen-bond acceptors (Lipinski definition) is 4. The van der Waals surface area contributed by atoms with E-state index in [1.807, 2.05) is 6.92 Å². The van der Waals surface area contributed by atoms with Gasteiger partial charge in [0.05, 0.1) is 11.7 Å². The van der Waals surface area contributed by atoms with Gasteiger partial charge in [0.15, 0.2) is 5.89 Å².